The number of aromatic nitrogens is 2. The van der Waals surface area contributed by atoms with Gasteiger partial charge in [0.25, 0.3) is 5.91 Å². The Labute approximate surface area is 174 Å². The molecule has 0 aliphatic carbocycles. The Bertz CT molecular complexity index is 965. The van der Waals surface area contributed by atoms with Crippen molar-refractivity contribution in [3.63, 3.8) is 0 Å². The maximum Gasteiger partial charge on any atom is 0.275 e. The van der Waals surface area contributed by atoms with Crippen LogP contribution in [0.1, 0.15) is 36.7 Å². The Kier molecular flexibility index (Phi) is 6.05. The Hall–Kier alpha value is -2.93. The smallest absolute Gasteiger partial charge is 0.275 e. The molecule has 1 aliphatic rings. The highest BCUT2D eigenvalue weighted by Gasteiger charge is 2.16. The molecule has 1 fully saturated rings. The summed E-state index contributed by atoms with van der Waals surface area (Å²) < 4.78 is 5.56. The van der Waals surface area contributed by atoms with Gasteiger partial charge in [-0.25, -0.2) is 9.97 Å². The zero-order valence-corrected chi connectivity index (χ0v) is 17.2. The molecule has 1 saturated heterocycles. The van der Waals surface area contributed by atoms with E-state index in [2.05, 4.69) is 20.2 Å². The molecule has 1 N–H and O–H groups in total. The number of piperidine rings is 1. The number of ether oxygens (including phenoxy) is 1. The summed E-state index contributed by atoms with van der Waals surface area (Å²) >= 11 is 1.44. The summed E-state index contributed by atoms with van der Waals surface area (Å²) in [6, 6.07) is 11.5. The van der Waals surface area contributed by atoms with E-state index in [4.69, 9.17) is 4.74 Å². The van der Waals surface area contributed by atoms with E-state index >= 15 is 0 Å². The summed E-state index contributed by atoms with van der Waals surface area (Å²) in [5, 5.41) is 5.44. The van der Waals surface area contributed by atoms with Crippen molar-refractivity contribution in [2.75, 3.05) is 29.9 Å². The molecule has 1 aliphatic heterocycles. The van der Waals surface area contributed by atoms with Crippen molar-refractivity contribution in [2.24, 2.45) is 0 Å². The van der Waals surface area contributed by atoms with E-state index < -0.39 is 0 Å². The molecule has 150 valence electrons. The number of nitrogens with one attached hydrogen (secondary N) is 1. The van der Waals surface area contributed by atoms with Crippen molar-refractivity contribution in [3.8, 4) is 16.3 Å². The monoisotopic (exact) mass is 408 g/mol. The molecule has 1 amide bonds. The predicted octanol–water partition coefficient (Wildman–Crippen LogP) is 4.85. The van der Waals surface area contributed by atoms with Gasteiger partial charge in [-0.3, -0.25) is 4.79 Å². The van der Waals surface area contributed by atoms with E-state index in [0.29, 0.717) is 23.7 Å². The number of rotatable bonds is 6. The third-order valence-corrected chi connectivity index (χ3v) is 5.74. The standard InChI is InChI=1S/C22H24N4O2S/c1-2-28-19-9-5-4-8-17(19)24-21(27)18-15-29-22(25-18)16-10-11-20(23-14-16)26-12-6-3-7-13-26/h4-5,8-11,14-15H,2-3,6-7,12-13H2,1H3,(H,24,27). The number of amides is 1. The lowest BCUT2D eigenvalue weighted by molar-refractivity contribution is 0.102. The van der Waals surface area contributed by atoms with Crippen molar-refractivity contribution >= 4 is 28.7 Å². The van der Waals surface area contributed by atoms with E-state index in [1.807, 2.05) is 49.5 Å². The van der Waals surface area contributed by atoms with E-state index in [-0.39, 0.29) is 5.91 Å². The van der Waals surface area contributed by atoms with Crippen LogP contribution in [0.15, 0.2) is 48.0 Å². The van der Waals surface area contributed by atoms with Crippen molar-refractivity contribution in [3.05, 3.63) is 53.7 Å². The molecule has 6 nitrogen and oxygen atoms in total. The number of para-hydroxylation sites is 2. The zero-order chi connectivity index (χ0) is 20.1. The van der Waals surface area contributed by atoms with Crippen LogP contribution in [0.2, 0.25) is 0 Å². The number of thiazole rings is 1. The number of benzene rings is 1. The summed E-state index contributed by atoms with van der Waals surface area (Å²) in [5.74, 6) is 1.41. The predicted molar refractivity (Wildman–Crippen MR) is 117 cm³/mol. The van der Waals surface area contributed by atoms with Gasteiger partial charge >= 0.3 is 0 Å². The number of hydrogen-bond donors (Lipinski definition) is 1. The summed E-state index contributed by atoms with van der Waals surface area (Å²) in [7, 11) is 0. The lowest BCUT2D eigenvalue weighted by atomic mass is 10.1. The molecule has 2 aromatic heterocycles. The summed E-state index contributed by atoms with van der Waals surface area (Å²) in [5.41, 5.74) is 1.95. The van der Waals surface area contributed by atoms with Crippen molar-refractivity contribution in [1.82, 2.24) is 9.97 Å². The van der Waals surface area contributed by atoms with Gasteiger partial charge in [0, 0.05) is 30.2 Å². The van der Waals surface area contributed by atoms with Crippen LogP contribution in [0.5, 0.6) is 5.75 Å². The molecule has 3 heterocycles. The second kappa shape index (κ2) is 9.05. The molecule has 0 saturated carbocycles. The van der Waals surface area contributed by atoms with Gasteiger partial charge in [-0.05, 0) is 50.5 Å². The zero-order valence-electron chi connectivity index (χ0n) is 16.4. The van der Waals surface area contributed by atoms with Crippen molar-refractivity contribution in [1.29, 1.82) is 0 Å². The van der Waals surface area contributed by atoms with Gasteiger partial charge in [-0.15, -0.1) is 11.3 Å². The highest BCUT2D eigenvalue weighted by molar-refractivity contribution is 7.13. The van der Waals surface area contributed by atoms with Crippen LogP contribution in [-0.4, -0.2) is 35.6 Å². The number of carbonyl (C=O) groups excluding carboxylic acids is 1. The van der Waals surface area contributed by atoms with E-state index in [1.165, 1.54) is 30.6 Å². The minimum atomic E-state index is -0.252. The van der Waals surface area contributed by atoms with Crippen LogP contribution in [0.4, 0.5) is 11.5 Å². The Morgan fingerprint density at radius 3 is 2.76 bits per heavy atom. The second-order valence-corrected chi connectivity index (χ2v) is 7.73. The summed E-state index contributed by atoms with van der Waals surface area (Å²) in [4.78, 5) is 24.1. The van der Waals surface area contributed by atoms with Gasteiger partial charge < -0.3 is 15.0 Å². The molecular weight excluding hydrogens is 384 g/mol. The van der Waals surface area contributed by atoms with Crippen LogP contribution in [-0.2, 0) is 0 Å². The van der Waals surface area contributed by atoms with Gasteiger partial charge in [0.2, 0.25) is 0 Å². The molecule has 0 unspecified atom stereocenters. The first-order chi connectivity index (χ1) is 14.2. The Morgan fingerprint density at radius 1 is 1.17 bits per heavy atom. The van der Waals surface area contributed by atoms with Crippen LogP contribution in [0.25, 0.3) is 10.6 Å². The minimum Gasteiger partial charge on any atom is -0.492 e. The molecule has 7 heteroatoms. The Balaban J connectivity index is 1.46. The topological polar surface area (TPSA) is 67.3 Å². The Morgan fingerprint density at radius 2 is 2.00 bits per heavy atom. The lowest BCUT2D eigenvalue weighted by Crippen LogP contribution is -2.29. The molecule has 4 rings (SSSR count). The van der Waals surface area contributed by atoms with E-state index in [1.54, 1.807) is 5.38 Å². The minimum absolute atomic E-state index is 0.252. The highest BCUT2D eigenvalue weighted by atomic mass is 32.1. The molecule has 0 spiro atoms. The molecule has 0 bridgehead atoms. The first-order valence-electron chi connectivity index (χ1n) is 9.94. The average molecular weight is 409 g/mol. The summed E-state index contributed by atoms with van der Waals surface area (Å²) in [6.07, 6.45) is 5.59. The molecule has 1 aromatic carbocycles. The fourth-order valence-corrected chi connectivity index (χ4v) is 4.16. The van der Waals surface area contributed by atoms with Crippen LogP contribution in [0.3, 0.4) is 0 Å². The van der Waals surface area contributed by atoms with Gasteiger partial charge in [-0.2, -0.15) is 0 Å². The average Bonchev–Trinajstić information content (AvgIpc) is 3.27. The van der Waals surface area contributed by atoms with Crippen molar-refractivity contribution < 1.29 is 9.53 Å². The lowest BCUT2D eigenvalue weighted by Gasteiger charge is -2.27. The number of nitrogens with zero attached hydrogens (tertiary/aromatic N) is 3. The molecular formula is C22H24N4O2S. The quantitative estimate of drug-likeness (QED) is 0.632. The van der Waals surface area contributed by atoms with Crippen LogP contribution < -0.4 is 15.0 Å². The third-order valence-electron chi connectivity index (χ3n) is 4.85. The molecule has 29 heavy (non-hydrogen) atoms. The van der Waals surface area contributed by atoms with Gasteiger partial charge in [0.15, 0.2) is 0 Å². The third kappa shape index (κ3) is 4.56. The van der Waals surface area contributed by atoms with Gasteiger partial charge in [0.1, 0.15) is 22.3 Å². The molecule has 0 radical (unpaired) electrons. The largest absolute Gasteiger partial charge is 0.492 e. The van der Waals surface area contributed by atoms with Gasteiger partial charge in [-0.1, -0.05) is 12.1 Å². The van der Waals surface area contributed by atoms with Crippen molar-refractivity contribution in [2.45, 2.75) is 26.2 Å². The summed E-state index contributed by atoms with van der Waals surface area (Å²) in [6.45, 7) is 4.58. The SMILES string of the molecule is CCOc1ccccc1NC(=O)c1csc(-c2ccc(N3CCCCC3)nc2)n1. The fourth-order valence-electron chi connectivity index (χ4n) is 3.37. The second-order valence-electron chi connectivity index (χ2n) is 6.87. The molecule has 3 aromatic rings. The number of anilines is 2. The fraction of sp³-hybridized carbons (Fsp3) is 0.318. The van der Waals surface area contributed by atoms with Crippen LogP contribution in [0, 0.1) is 0 Å². The normalized spacial score (nSPS) is 13.9. The number of hydrogen-bond acceptors (Lipinski definition) is 6. The highest BCUT2D eigenvalue weighted by Crippen LogP contribution is 2.27. The number of pyridine rings is 1. The first-order valence-corrected chi connectivity index (χ1v) is 10.8. The first kappa shape index (κ1) is 19.4. The maximum atomic E-state index is 12.6. The molecule has 0 atom stereocenters. The number of carbonyl (C=O) groups is 1. The maximum absolute atomic E-state index is 12.6. The van der Waals surface area contributed by atoms with Gasteiger partial charge in [0.05, 0.1) is 12.3 Å². The van der Waals surface area contributed by atoms with E-state index in [0.717, 1.165) is 29.5 Å². The van der Waals surface area contributed by atoms with E-state index in [9.17, 15) is 4.79 Å². The van der Waals surface area contributed by atoms with Crippen LogP contribution >= 0.6 is 11.3 Å².